The van der Waals surface area contributed by atoms with Gasteiger partial charge in [0.1, 0.15) is 12.7 Å². The minimum Gasteiger partial charge on any atom is -0.478 e. The summed E-state index contributed by atoms with van der Waals surface area (Å²) in [4.78, 5) is 10.4. The first-order valence-electron chi connectivity index (χ1n) is 4.37. The molecule has 1 aromatic carbocycles. The number of aromatic carboxylic acids is 1. The molecule has 5 nitrogen and oxygen atoms in total. The molecule has 0 aliphatic carbocycles. The van der Waals surface area contributed by atoms with Crippen molar-refractivity contribution < 1.29 is 22.7 Å². The standard InChI is InChI=1S/C10H8FNO4S/c1-17(15,16)9-3-8(10(13)14)6(4-11)2-7(9)5-12/h2-3H,4H2,1H3,(H,13,14). The summed E-state index contributed by atoms with van der Waals surface area (Å²) in [5.41, 5.74) is -0.932. The molecular formula is C10H8FNO4S. The van der Waals surface area contributed by atoms with Crippen LogP contribution in [0.15, 0.2) is 17.0 Å². The van der Waals surface area contributed by atoms with Crippen LogP contribution in [0.25, 0.3) is 0 Å². The first kappa shape index (κ1) is 13.1. The highest BCUT2D eigenvalue weighted by molar-refractivity contribution is 7.90. The number of rotatable bonds is 3. The van der Waals surface area contributed by atoms with Crippen molar-refractivity contribution >= 4 is 15.8 Å². The normalized spacial score (nSPS) is 10.9. The predicted octanol–water partition coefficient (Wildman–Crippen LogP) is 1.13. The van der Waals surface area contributed by atoms with E-state index in [0.29, 0.717) is 0 Å². The average molecular weight is 257 g/mol. The van der Waals surface area contributed by atoms with E-state index in [4.69, 9.17) is 10.4 Å². The minimum absolute atomic E-state index is 0.221. The van der Waals surface area contributed by atoms with E-state index < -0.39 is 32.9 Å². The molecule has 0 bridgehead atoms. The lowest BCUT2D eigenvalue weighted by Crippen LogP contribution is -2.08. The van der Waals surface area contributed by atoms with Gasteiger partial charge in [-0.15, -0.1) is 0 Å². The van der Waals surface area contributed by atoms with Crippen molar-refractivity contribution in [2.24, 2.45) is 0 Å². The fourth-order valence-electron chi connectivity index (χ4n) is 1.33. The summed E-state index contributed by atoms with van der Waals surface area (Å²) < 4.78 is 35.3. The molecule has 0 aliphatic heterocycles. The molecule has 1 N–H and O–H groups in total. The van der Waals surface area contributed by atoms with Gasteiger partial charge in [0.05, 0.1) is 16.0 Å². The lowest BCUT2D eigenvalue weighted by molar-refractivity contribution is 0.0694. The van der Waals surface area contributed by atoms with E-state index in [1.807, 2.05) is 0 Å². The molecule has 0 amide bonds. The molecule has 90 valence electrons. The lowest BCUT2D eigenvalue weighted by atomic mass is 10.1. The van der Waals surface area contributed by atoms with Crippen molar-refractivity contribution in [2.45, 2.75) is 11.6 Å². The molecule has 0 radical (unpaired) electrons. The Morgan fingerprint density at radius 1 is 1.53 bits per heavy atom. The Hall–Kier alpha value is -1.94. The van der Waals surface area contributed by atoms with Gasteiger partial charge in [0.2, 0.25) is 0 Å². The van der Waals surface area contributed by atoms with Gasteiger partial charge >= 0.3 is 5.97 Å². The Morgan fingerprint density at radius 2 is 2.12 bits per heavy atom. The fraction of sp³-hybridized carbons (Fsp3) is 0.200. The van der Waals surface area contributed by atoms with Gasteiger partial charge in [-0.2, -0.15) is 5.26 Å². The number of hydrogen-bond acceptors (Lipinski definition) is 4. The molecule has 0 aliphatic rings. The third kappa shape index (κ3) is 2.60. The number of hydrogen-bond donors (Lipinski definition) is 1. The number of sulfone groups is 1. The van der Waals surface area contributed by atoms with E-state index in [2.05, 4.69) is 0 Å². The first-order valence-corrected chi connectivity index (χ1v) is 6.26. The molecule has 0 aromatic heterocycles. The van der Waals surface area contributed by atoms with E-state index in [1.165, 1.54) is 0 Å². The highest BCUT2D eigenvalue weighted by Crippen LogP contribution is 2.22. The number of carbonyl (C=O) groups is 1. The van der Waals surface area contributed by atoms with Crippen LogP contribution in [0.2, 0.25) is 0 Å². The van der Waals surface area contributed by atoms with Crippen molar-refractivity contribution in [2.75, 3.05) is 6.26 Å². The van der Waals surface area contributed by atoms with Gasteiger partial charge in [0.15, 0.2) is 9.84 Å². The Morgan fingerprint density at radius 3 is 2.47 bits per heavy atom. The molecule has 0 heterocycles. The summed E-state index contributed by atoms with van der Waals surface area (Å²) in [6, 6.07) is 3.36. The number of alkyl halides is 1. The zero-order chi connectivity index (χ0) is 13.2. The van der Waals surface area contributed by atoms with Crippen LogP contribution >= 0.6 is 0 Å². The second-order valence-electron chi connectivity index (χ2n) is 3.33. The Balaban J connectivity index is 3.70. The molecular weight excluding hydrogens is 249 g/mol. The molecule has 1 aromatic rings. The minimum atomic E-state index is -3.73. The van der Waals surface area contributed by atoms with E-state index in [1.54, 1.807) is 6.07 Å². The third-order valence-electron chi connectivity index (χ3n) is 2.10. The van der Waals surface area contributed by atoms with E-state index in [0.717, 1.165) is 18.4 Å². The summed E-state index contributed by atoms with van der Waals surface area (Å²) >= 11 is 0. The molecule has 0 atom stereocenters. The Labute approximate surface area is 97.0 Å². The second kappa shape index (κ2) is 4.51. The van der Waals surface area contributed by atoms with Crippen molar-refractivity contribution in [3.8, 4) is 6.07 Å². The maximum Gasteiger partial charge on any atom is 0.336 e. The van der Waals surface area contributed by atoms with E-state index in [9.17, 15) is 17.6 Å². The summed E-state index contributed by atoms with van der Waals surface area (Å²) in [6.07, 6.45) is 0.851. The highest BCUT2D eigenvalue weighted by atomic mass is 32.2. The molecule has 0 fully saturated rings. The van der Waals surface area contributed by atoms with Gasteiger partial charge in [0.25, 0.3) is 0 Å². The van der Waals surface area contributed by atoms with Crippen LogP contribution in [0.3, 0.4) is 0 Å². The maximum absolute atomic E-state index is 12.6. The number of benzene rings is 1. The van der Waals surface area contributed by atoms with E-state index in [-0.39, 0.29) is 11.1 Å². The summed E-state index contributed by atoms with van der Waals surface area (Å²) in [6.45, 7) is -1.08. The fourth-order valence-corrected chi connectivity index (χ4v) is 2.16. The zero-order valence-electron chi connectivity index (χ0n) is 8.77. The number of carboxylic acid groups (broad SMARTS) is 1. The van der Waals surface area contributed by atoms with Gasteiger partial charge in [-0.3, -0.25) is 0 Å². The van der Waals surface area contributed by atoms with Crippen LogP contribution in [0, 0.1) is 11.3 Å². The predicted molar refractivity (Wildman–Crippen MR) is 56.0 cm³/mol. The van der Waals surface area contributed by atoms with Crippen LogP contribution < -0.4 is 0 Å². The van der Waals surface area contributed by atoms with Crippen LogP contribution in [0.4, 0.5) is 4.39 Å². The van der Waals surface area contributed by atoms with E-state index >= 15 is 0 Å². The van der Waals surface area contributed by atoms with Gasteiger partial charge in [-0.05, 0) is 17.7 Å². The Bertz CT molecular complexity index is 616. The molecule has 0 unspecified atom stereocenters. The smallest absolute Gasteiger partial charge is 0.336 e. The number of halogens is 1. The highest BCUT2D eigenvalue weighted by Gasteiger charge is 2.20. The average Bonchev–Trinajstić information content (AvgIpc) is 2.25. The van der Waals surface area contributed by atoms with Gasteiger partial charge < -0.3 is 5.11 Å². The van der Waals surface area contributed by atoms with Crippen molar-refractivity contribution in [3.63, 3.8) is 0 Å². The lowest BCUT2D eigenvalue weighted by Gasteiger charge is -2.07. The topological polar surface area (TPSA) is 95.2 Å². The molecule has 0 saturated heterocycles. The van der Waals surface area contributed by atoms with Crippen LogP contribution in [0.1, 0.15) is 21.5 Å². The van der Waals surface area contributed by atoms with Crippen molar-refractivity contribution in [3.05, 3.63) is 28.8 Å². The van der Waals surface area contributed by atoms with Crippen LogP contribution in [0.5, 0.6) is 0 Å². The van der Waals surface area contributed by atoms with Crippen molar-refractivity contribution in [1.82, 2.24) is 0 Å². The number of nitrogens with zero attached hydrogens (tertiary/aromatic N) is 1. The summed E-state index contributed by atoms with van der Waals surface area (Å²) in [7, 11) is -3.73. The van der Waals surface area contributed by atoms with Gasteiger partial charge in [-0.25, -0.2) is 17.6 Å². The third-order valence-corrected chi connectivity index (χ3v) is 3.24. The largest absolute Gasteiger partial charge is 0.478 e. The van der Waals surface area contributed by atoms with Gasteiger partial charge in [0, 0.05) is 6.26 Å². The number of carboxylic acids is 1. The van der Waals surface area contributed by atoms with Crippen LogP contribution in [-0.4, -0.2) is 25.7 Å². The summed E-state index contributed by atoms with van der Waals surface area (Å²) in [5, 5.41) is 17.6. The molecule has 1 rings (SSSR count). The number of nitriles is 1. The maximum atomic E-state index is 12.6. The summed E-state index contributed by atoms with van der Waals surface area (Å²) in [5.74, 6) is -1.44. The van der Waals surface area contributed by atoms with Crippen LogP contribution in [-0.2, 0) is 16.5 Å². The molecule has 0 spiro atoms. The van der Waals surface area contributed by atoms with Crippen molar-refractivity contribution in [1.29, 1.82) is 5.26 Å². The molecule has 17 heavy (non-hydrogen) atoms. The monoisotopic (exact) mass is 257 g/mol. The van der Waals surface area contributed by atoms with Gasteiger partial charge in [-0.1, -0.05) is 0 Å². The zero-order valence-corrected chi connectivity index (χ0v) is 9.58. The Kier molecular flexibility index (Phi) is 3.48. The second-order valence-corrected chi connectivity index (χ2v) is 5.31. The SMILES string of the molecule is CS(=O)(=O)c1cc(C(=O)O)c(CF)cc1C#N. The quantitative estimate of drug-likeness (QED) is 0.875. The molecule has 0 saturated carbocycles. The molecule has 7 heteroatoms. The first-order chi connectivity index (χ1) is 7.81.